The molecular weight excluding hydrogens is 440 g/mol. The van der Waals surface area contributed by atoms with Gasteiger partial charge in [0.1, 0.15) is 24.7 Å². The van der Waals surface area contributed by atoms with Crippen molar-refractivity contribution in [3.63, 3.8) is 0 Å². The van der Waals surface area contributed by atoms with Gasteiger partial charge in [-0.15, -0.1) is 0 Å². The van der Waals surface area contributed by atoms with Crippen molar-refractivity contribution in [3.8, 4) is 11.5 Å². The first-order valence-corrected chi connectivity index (χ1v) is 10.7. The molecule has 0 aliphatic carbocycles. The zero-order valence-electron chi connectivity index (χ0n) is 20.1. The van der Waals surface area contributed by atoms with E-state index in [1.807, 2.05) is 36.4 Å². The van der Waals surface area contributed by atoms with Gasteiger partial charge < -0.3 is 28.4 Å². The second-order valence-corrected chi connectivity index (χ2v) is 7.82. The van der Waals surface area contributed by atoms with E-state index >= 15 is 0 Å². The largest absolute Gasteiger partial charge is 0.490 e. The predicted molar refractivity (Wildman–Crippen MR) is 128 cm³/mol. The molecule has 184 valence electrons. The van der Waals surface area contributed by atoms with Crippen molar-refractivity contribution >= 4 is 22.7 Å². The number of hydrogen-bond acceptors (Lipinski definition) is 8. The third kappa shape index (κ3) is 8.53. The van der Waals surface area contributed by atoms with Crippen LogP contribution in [0.5, 0.6) is 11.5 Å². The van der Waals surface area contributed by atoms with E-state index in [4.69, 9.17) is 28.4 Å². The van der Waals surface area contributed by atoms with Gasteiger partial charge in [0.25, 0.3) is 0 Å². The molecule has 2 aromatic rings. The van der Waals surface area contributed by atoms with Crippen LogP contribution in [-0.4, -0.2) is 64.8 Å². The molecule has 8 nitrogen and oxygen atoms in total. The van der Waals surface area contributed by atoms with Crippen molar-refractivity contribution in [2.24, 2.45) is 0 Å². The van der Waals surface area contributed by atoms with Gasteiger partial charge in [0, 0.05) is 25.4 Å². The Morgan fingerprint density at radius 3 is 1.47 bits per heavy atom. The fraction of sp³-hybridized carbons (Fsp3) is 0.385. The van der Waals surface area contributed by atoms with Gasteiger partial charge in [0.05, 0.1) is 13.2 Å². The first-order chi connectivity index (χ1) is 16.2. The van der Waals surface area contributed by atoms with Gasteiger partial charge in [0.2, 0.25) is 0 Å². The standard InChI is InChI=1S/C26H32O8/c1-17(2)25(27)33-23(13-29-5)15-31-21-9-7-19-8-10-22(12-20(19)11-21)32-16-24(14-30-6)34-26(28)18(3)4/h7-12,23-24H,1,3,13-16H2,2,4-6H3. The Kier molecular flexibility index (Phi) is 10.6. The number of hydrogen-bond donors (Lipinski definition) is 0. The van der Waals surface area contributed by atoms with Crippen LogP contribution in [-0.2, 0) is 28.5 Å². The summed E-state index contributed by atoms with van der Waals surface area (Å²) in [5.74, 6) is 0.216. The van der Waals surface area contributed by atoms with E-state index < -0.39 is 24.1 Å². The molecule has 2 unspecified atom stereocenters. The SMILES string of the molecule is C=C(C)C(=O)OC(COC)COc1ccc2ccc(OCC(COC)OC(=O)C(=C)C)cc2c1. The Balaban J connectivity index is 2.05. The molecule has 2 atom stereocenters. The lowest BCUT2D eigenvalue weighted by Gasteiger charge is -2.18. The Bertz CT molecular complexity index is 936. The van der Waals surface area contributed by atoms with Crippen LogP contribution in [0.25, 0.3) is 10.8 Å². The summed E-state index contributed by atoms with van der Waals surface area (Å²) in [7, 11) is 3.05. The van der Waals surface area contributed by atoms with E-state index in [-0.39, 0.29) is 26.4 Å². The van der Waals surface area contributed by atoms with Crippen LogP contribution in [0, 0.1) is 0 Å². The van der Waals surface area contributed by atoms with E-state index in [0.29, 0.717) is 22.6 Å². The fourth-order valence-electron chi connectivity index (χ4n) is 2.87. The van der Waals surface area contributed by atoms with Crippen molar-refractivity contribution in [1.82, 2.24) is 0 Å². The molecule has 0 heterocycles. The zero-order valence-corrected chi connectivity index (χ0v) is 20.1. The molecule has 34 heavy (non-hydrogen) atoms. The lowest BCUT2D eigenvalue weighted by atomic mass is 10.1. The maximum absolute atomic E-state index is 11.8. The highest BCUT2D eigenvalue weighted by Gasteiger charge is 2.17. The monoisotopic (exact) mass is 472 g/mol. The summed E-state index contributed by atoms with van der Waals surface area (Å²) < 4.78 is 32.6. The van der Waals surface area contributed by atoms with Crippen molar-refractivity contribution < 1.29 is 38.0 Å². The van der Waals surface area contributed by atoms with Crippen LogP contribution in [0.4, 0.5) is 0 Å². The van der Waals surface area contributed by atoms with Gasteiger partial charge in [0.15, 0.2) is 12.2 Å². The van der Waals surface area contributed by atoms with Crippen LogP contribution >= 0.6 is 0 Å². The minimum absolute atomic E-state index is 0.126. The molecule has 0 fully saturated rings. The second-order valence-electron chi connectivity index (χ2n) is 7.82. The number of benzene rings is 2. The summed E-state index contributed by atoms with van der Waals surface area (Å²) in [6, 6.07) is 11.2. The molecule has 0 saturated heterocycles. The average Bonchev–Trinajstić information content (AvgIpc) is 2.80. The van der Waals surface area contributed by atoms with Crippen LogP contribution < -0.4 is 9.47 Å². The number of methoxy groups -OCH3 is 2. The highest BCUT2D eigenvalue weighted by molar-refractivity contribution is 5.87. The molecule has 0 aromatic heterocycles. The summed E-state index contributed by atoms with van der Waals surface area (Å²) in [5, 5.41) is 1.88. The Labute approximate surface area is 200 Å². The molecule has 0 aliphatic heterocycles. The second kappa shape index (κ2) is 13.4. The van der Waals surface area contributed by atoms with Crippen LogP contribution in [0.15, 0.2) is 60.7 Å². The quantitative estimate of drug-likeness (QED) is 0.302. The third-order valence-corrected chi connectivity index (χ3v) is 4.60. The molecule has 0 saturated carbocycles. The van der Waals surface area contributed by atoms with Gasteiger partial charge in [-0.2, -0.15) is 0 Å². The van der Waals surface area contributed by atoms with Crippen LogP contribution in [0.1, 0.15) is 13.8 Å². The maximum atomic E-state index is 11.8. The van der Waals surface area contributed by atoms with E-state index in [0.717, 1.165) is 10.8 Å². The van der Waals surface area contributed by atoms with Crippen molar-refractivity contribution in [1.29, 1.82) is 0 Å². The molecule has 2 aromatic carbocycles. The Hall–Kier alpha value is -3.36. The molecule has 2 rings (SSSR count). The van der Waals surface area contributed by atoms with Gasteiger partial charge in [-0.1, -0.05) is 25.3 Å². The normalized spacial score (nSPS) is 12.5. The molecule has 0 radical (unpaired) electrons. The van der Waals surface area contributed by atoms with E-state index in [2.05, 4.69) is 13.2 Å². The smallest absolute Gasteiger partial charge is 0.333 e. The highest BCUT2D eigenvalue weighted by Crippen LogP contribution is 2.25. The van der Waals surface area contributed by atoms with Gasteiger partial charge >= 0.3 is 11.9 Å². The number of rotatable bonds is 14. The van der Waals surface area contributed by atoms with Gasteiger partial charge in [-0.05, 0) is 48.9 Å². The lowest BCUT2D eigenvalue weighted by Crippen LogP contribution is -2.29. The van der Waals surface area contributed by atoms with Crippen molar-refractivity contribution in [3.05, 3.63) is 60.7 Å². The number of ether oxygens (including phenoxy) is 6. The highest BCUT2D eigenvalue weighted by atomic mass is 16.6. The maximum Gasteiger partial charge on any atom is 0.333 e. The summed E-state index contributed by atoms with van der Waals surface area (Å²) >= 11 is 0. The molecule has 8 heteroatoms. The van der Waals surface area contributed by atoms with E-state index in [9.17, 15) is 9.59 Å². The van der Waals surface area contributed by atoms with Crippen LogP contribution in [0.3, 0.4) is 0 Å². The average molecular weight is 473 g/mol. The topological polar surface area (TPSA) is 89.5 Å². The Morgan fingerprint density at radius 1 is 0.706 bits per heavy atom. The van der Waals surface area contributed by atoms with Gasteiger partial charge in [-0.25, -0.2) is 9.59 Å². The molecular formula is C26H32O8. The Morgan fingerprint density at radius 2 is 1.12 bits per heavy atom. The summed E-state index contributed by atoms with van der Waals surface area (Å²) in [4.78, 5) is 23.6. The van der Waals surface area contributed by atoms with Gasteiger partial charge in [-0.3, -0.25) is 0 Å². The lowest BCUT2D eigenvalue weighted by molar-refractivity contribution is -0.149. The number of carbonyl (C=O) groups is 2. The summed E-state index contributed by atoms with van der Waals surface area (Å²) in [6.07, 6.45) is -1.14. The molecule has 0 N–H and O–H groups in total. The minimum Gasteiger partial charge on any atom is -0.490 e. The van der Waals surface area contributed by atoms with Crippen molar-refractivity contribution in [2.75, 3.05) is 40.6 Å². The number of fused-ring (bicyclic) bond motifs is 1. The molecule has 0 amide bonds. The summed E-state index contributed by atoms with van der Waals surface area (Å²) in [6.45, 7) is 11.0. The van der Waals surface area contributed by atoms with E-state index in [1.54, 1.807) is 13.8 Å². The first-order valence-electron chi connectivity index (χ1n) is 10.7. The number of carbonyl (C=O) groups excluding carboxylic acids is 2. The van der Waals surface area contributed by atoms with Crippen LogP contribution in [0.2, 0.25) is 0 Å². The van der Waals surface area contributed by atoms with Crippen molar-refractivity contribution in [2.45, 2.75) is 26.1 Å². The predicted octanol–water partition coefficient (Wildman–Crippen LogP) is 3.87. The molecule has 0 aliphatic rings. The fourth-order valence-corrected chi connectivity index (χ4v) is 2.87. The zero-order chi connectivity index (χ0) is 25.1. The number of esters is 2. The first kappa shape index (κ1) is 26.9. The molecule has 0 spiro atoms. The summed E-state index contributed by atoms with van der Waals surface area (Å²) in [5.41, 5.74) is 0.614. The molecule has 0 bridgehead atoms. The minimum atomic E-state index is -0.570. The third-order valence-electron chi connectivity index (χ3n) is 4.60. The van der Waals surface area contributed by atoms with E-state index in [1.165, 1.54) is 14.2 Å².